The van der Waals surface area contributed by atoms with Gasteiger partial charge in [0.1, 0.15) is 6.04 Å². The molecule has 4 N–H and O–H groups in total. The Kier molecular flexibility index (Phi) is 5.63. The van der Waals surface area contributed by atoms with Crippen molar-refractivity contribution < 1.29 is 9.59 Å². The first-order chi connectivity index (χ1) is 8.95. The first-order valence-corrected chi connectivity index (χ1v) is 6.47. The van der Waals surface area contributed by atoms with Crippen LogP contribution in [-0.2, 0) is 4.79 Å². The molecule has 0 heterocycles. The van der Waals surface area contributed by atoms with Crippen molar-refractivity contribution in [1.29, 1.82) is 0 Å². The average Bonchev–Trinajstić information content (AvgIpc) is 2.35. The molecule has 1 rings (SSSR count). The summed E-state index contributed by atoms with van der Waals surface area (Å²) in [5, 5.41) is 5.56. The Bertz CT molecular complexity index is 477. The molecule has 1 aromatic rings. The monoisotopic (exact) mass is 283 g/mol. The van der Waals surface area contributed by atoms with Crippen LogP contribution < -0.4 is 16.4 Å². The van der Waals surface area contributed by atoms with Crippen molar-refractivity contribution in [3.63, 3.8) is 0 Å². The SMILES string of the molecule is CCCNC(=O)C(C)NC(=O)c1ccc(N)cc1Cl. The Hall–Kier alpha value is -1.75. The highest BCUT2D eigenvalue weighted by Crippen LogP contribution is 2.19. The van der Waals surface area contributed by atoms with Crippen LogP contribution in [0.5, 0.6) is 0 Å². The van der Waals surface area contributed by atoms with E-state index < -0.39 is 11.9 Å². The molecule has 6 heteroatoms. The van der Waals surface area contributed by atoms with E-state index >= 15 is 0 Å². The number of hydrogen-bond acceptors (Lipinski definition) is 3. The zero-order chi connectivity index (χ0) is 14.4. The fourth-order valence-electron chi connectivity index (χ4n) is 1.46. The normalized spacial score (nSPS) is 11.7. The van der Waals surface area contributed by atoms with E-state index in [9.17, 15) is 9.59 Å². The summed E-state index contributed by atoms with van der Waals surface area (Å²) in [4.78, 5) is 23.6. The largest absolute Gasteiger partial charge is 0.399 e. The van der Waals surface area contributed by atoms with Crippen LogP contribution in [0, 0.1) is 0 Å². The van der Waals surface area contributed by atoms with Crippen LogP contribution in [0.2, 0.25) is 5.02 Å². The summed E-state index contributed by atoms with van der Waals surface area (Å²) in [6.07, 6.45) is 0.843. The lowest BCUT2D eigenvalue weighted by atomic mass is 10.1. The summed E-state index contributed by atoms with van der Waals surface area (Å²) < 4.78 is 0. The third-order valence-corrected chi connectivity index (χ3v) is 2.84. The average molecular weight is 284 g/mol. The number of nitrogen functional groups attached to an aromatic ring is 1. The molecule has 104 valence electrons. The van der Waals surface area contributed by atoms with E-state index in [4.69, 9.17) is 17.3 Å². The van der Waals surface area contributed by atoms with Crippen LogP contribution >= 0.6 is 11.6 Å². The van der Waals surface area contributed by atoms with Gasteiger partial charge in [0.25, 0.3) is 5.91 Å². The van der Waals surface area contributed by atoms with E-state index in [1.165, 1.54) is 12.1 Å². The Morgan fingerprint density at radius 3 is 2.68 bits per heavy atom. The van der Waals surface area contributed by atoms with Crippen molar-refractivity contribution in [3.8, 4) is 0 Å². The van der Waals surface area contributed by atoms with Gasteiger partial charge in [0.2, 0.25) is 5.91 Å². The maximum absolute atomic E-state index is 11.9. The van der Waals surface area contributed by atoms with E-state index in [1.807, 2.05) is 6.92 Å². The van der Waals surface area contributed by atoms with Gasteiger partial charge >= 0.3 is 0 Å². The maximum Gasteiger partial charge on any atom is 0.253 e. The van der Waals surface area contributed by atoms with Crippen molar-refractivity contribution in [2.24, 2.45) is 0 Å². The quantitative estimate of drug-likeness (QED) is 0.717. The molecule has 0 aliphatic rings. The Balaban J connectivity index is 2.66. The maximum atomic E-state index is 11.9. The van der Waals surface area contributed by atoms with Crippen molar-refractivity contribution in [2.45, 2.75) is 26.3 Å². The van der Waals surface area contributed by atoms with Gasteiger partial charge in [-0.05, 0) is 31.5 Å². The van der Waals surface area contributed by atoms with Crippen molar-refractivity contribution in [3.05, 3.63) is 28.8 Å². The van der Waals surface area contributed by atoms with Crippen molar-refractivity contribution in [2.75, 3.05) is 12.3 Å². The van der Waals surface area contributed by atoms with Gasteiger partial charge in [0, 0.05) is 12.2 Å². The number of carbonyl (C=O) groups excluding carboxylic acids is 2. The summed E-state index contributed by atoms with van der Waals surface area (Å²) in [6.45, 7) is 4.16. The van der Waals surface area contributed by atoms with Crippen molar-refractivity contribution >= 4 is 29.1 Å². The van der Waals surface area contributed by atoms with Gasteiger partial charge in [0.05, 0.1) is 10.6 Å². The smallest absolute Gasteiger partial charge is 0.253 e. The van der Waals surface area contributed by atoms with Crippen LogP contribution in [0.3, 0.4) is 0 Å². The van der Waals surface area contributed by atoms with Crippen LogP contribution in [-0.4, -0.2) is 24.4 Å². The molecular weight excluding hydrogens is 266 g/mol. The molecule has 0 aliphatic heterocycles. The zero-order valence-corrected chi connectivity index (χ0v) is 11.8. The van der Waals surface area contributed by atoms with E-state index in [2.05, 4.69) is 10.6 Å². The molecule has 0 fully saturated rings. The molecule has 0 radical (unpaired) electrons. The molecule has 0 saturated carbocycles. The van der Waals surface area contributed by atoms with Crippen LogP contribution in [0.25, 0.3) is 0 Å². The van der Waals surface area contributed by atoms with Gasteiger partial charge in [-0.25, -0.2) is 0 Å². The Labute approximate surface area is 117 Å². The van der Waals surface area contributed by atoms with E-state index in [0.29, 0.717) is 17.8 Å². The molecule has 0 aromatic heterocycles. The molecule has 0 aliphatic carbocycles. The predicted octanol–water partition coefficient (Wildman–Crippen LogP) is 1.57. The number of amides is 2. The summed E-state index contributed by atoms with van der Waals surface area (Å²) in [7, 11) is 0. The highest BCUT2D eigenvalue weighted by Gasteiger charge is 2.17. The van der Waals surface area contributed by atoms with Gasteiger partial charge < -0.3 is 16.4 Å². The number of carbonyl (C=O) groups is 2. The minimum atomic E-state index is -0.618. The van der Waals surface area contributed by atoms with Gasteiger partial charge in [-0.3, -0.25) is 9.59 Å². The summed E-state index contributed by atoms with van der Waals surface area (Å²) in [5.74, 6) is -0.620. The number of hydrogen-bond donors (Lipinski definition) is 3. The topological polar surface area (TPSA) is 84.2 Å². The minimum absolute atomic E-state index is 0.221. The van der Waals surface area contributed by atoms with E-state index in [-0.39, 0.29) is 10.9 Å². The zero-order valence-electron chi connectivity index (χ0n) is 11.0. The molecule has 5 nitrogen and oxygen atoms in total. The van der Waals surface area contributed by atoms with Crippen LogP contribution in [0.15, 0.2) is 18.2 Å². The van der Waals surface area contributed by atoms with Crippen LogP contribution in [0.1, 0.15) is 30.6 Å². The van der Waals surface area contributed by atoms with Gasteiger partial charge in [0.15, 0.2) is 0 Å². The van der Waals surface area contributed by atoms with Gasteiger partial charge in [-0.1, -0.05) is 18.5 Å². The Morgan fingerprint density at radius 2 is 2.11 bits per heavy atom. The standard InChI is InChI=1S/C13H18ClN3O2/c1-3-6-16-12(18)8(2)17-13(19)10-5-4-9(15)7-11(10)14/h4-5,7-8H,3,6,15H2,1-2H3,(H,16,18)(H,17,19). The molecule has 1 atom stereocenters. The number of benzene rings is 1. The number of nitrogens with one attached hydrogen (secondary N) is 2. The molecule has 0 spiro atoms. The van der Waals surface area contributed by atoms with Crippen LogP contribution in [0.4, 0.5) is 5.69 Å². The fraction of sp³-hybridized carbons (Fsp3) is 0.385. The number of halogens is 1. The number of anilines is 1. The second-order valence-corrected chi connectivity index (χ2v) is 4.63. The van der Waals surface area contributed by atoms with Crippen molar-refractivity contribution in [1.82, 2.24) is 10.6 Å². The molecule has 0 saturated heterocycles. The molecule has 0 bridgehead atoms. The fourth-order valence-corrected chi connectivity index (χ4v) is 1.73. The molecular formula is C13H18ClN3O2. The first-order valence-electron chi connectivity index (χ1n) is 6.09. The number of rotatable bonds is 5. The summed E-state index contributed by atoms with van der Waals surface area (Å²) in [5.41, 5.74) is 6.33. The van der Waals surface area contributed by atoms with E-state index in [1.54, 1.807) is 13.0 Å². The Morgan fingerprint density at radius 1 is 1.42 bits per heavy atom. The lowest BCUT2D eigenvalue weighted by Gasteiger charge is -2.14. The molecule has 19 heavy (non-hydrogen) atoms. The predicted molar refractivity (Wildman–Crippen MR) is 76.1 cm³/mol. The molecule has 1 aromatic carbocycles. The lowest BCUT2D eigenvalue weighted by Crippen LogP contribution is -2.45. The highest BCUT2D eigenvalue weighted by molar-refractivity contribution is 6.34. The van der Waals surface area contributed by atoms with E-state index in [0.717, 1.165) is 6.42 Å². The first kappa shape index (κ1) is 15.3. The third kappa shape index (κ3) is 4.44. The lowest BCUT2D eigenvalue weighted by molar-refractivity contribution is -0.122. The molecule has 1 unspecified atom stereocenters. The second-order valence-electron chi connectivity index (χ2n) is 4.23. The minimum Gasteiger partial charge on any atom is -0.399 e. The van der Waals surface area contributed by atoms with Gasteiger partial charge in [-0.2, -0.15) is 0 Å². The number of nitrogens with two attached hydrogens (primary N) is 1. The second kappa shape index (κ2) is 6.99. The highest BCUT2D eigenvalue weighted by atomic mass is 35.5. The molecule has 2 amide bonds. The third-order valence-electron chi connectivity index (χ3n) is 2.53. The summed E-state index contributed by atoms with van der Waals surface area (Å²) >= 11 is 5.93. The van der Waals surface area contributed by atoms with Gasteiger partial charge in [-0.15, -0.1) is 0 Å². The summed E-state index contributed by atoms with van der Waals surface area (Å²) in [6, 6.07) is 4.00.